The van der Waals surface area contributed by atoms with E-state index in [9.17, 15) is 29.3 Å². The first-order valence-corrected chi connectivity index (χ1v) is 15.6. The molecule has 0 saturated carbocycles. The summed E-state index contributed by atoms with van der Waals surface area (Å²) in [7, 11) is 4.37. The first kappa shape index (κ1) is 34.2. The molecule has 0 aromatic heterocycles. The number of thioether (sulfide) groups is 1. The van der Waals surface area contributed by atoms with Crippen LogP contribution in [0.15, 0.2) is 102 Å². The van der Waals surface area contributed by atoms with Gasteiger partial charge in [0.1, 0.15) is 5.70 Å². The van der Waals surface area contributed by atoms with Crippen molar-refractivity contribution in [2.75, 3.05) is 31.5 Å². The molecule has 250 valence electrons. The summed E-state index contributed by atoms with van der Waals surface area (Å²) in [6.07, 6.45) is 1.37. The van der Waals surface area contributed by atoms with Gasteiger partial charge in [0.2, 0.25) is 17.6 Å². The molecule has 5 rings (SSSR count). The van der Waals surface area contributed by atoms with Crippen LogP contribution in [0.2, 0.25) is 0 Å². The lowest BCUT2D eigenvalue weighted by Crippen LogP contribution is -2.31. The molecule has 1 fully saturated rings. The molecule has 4 aromatic carbocycles. The number of non-ortho nitro benzene ring substituents is 1. The molecule has 4 amide bonds. The smallest absolute Gasteiger partial charge is 0.272 e. The molecule has 1 aliphatic heterocycles. The molecule has 0 aliphatic carbocycles. The van der Waals surface area contributed by atoms with Crippen LogP contribution in [-0.2, 0) is 14.4 Å². The zero-order valence-electron chi connectivity index (χ0n) is 26.5. The van der Waals surface area contributed by atoms with Gasteiger partial charge in [0.15, 0.2) is 11.5 Å². The van der Waals surface area contributed by atoms with Crippen molar-refractivity contribution in [2.24, 2.45) is 0 Å². The van der Waals surface area contributed by atoms with E-state index >= 15 is 0 Å². The second-order valence-corrected chi connectivity index (χ2v) is 11.7. The Morgan fingerprint density at radius 1 is 0.898 bits per heavy atom. The predicted octanol–water partition coefficient (Wildman–Crippen LogP) is 5.45. The maximum Gasteiger partial charge on any atom is 0.272 e. The molecule has 1 atom stereocenters. The van der Waals surface area contributed by atoms with E-state index in [1.165, 1.54) is 51.7 Å². The second kappa shape index (κ2) is 15.2. The van der Waals surface area contributed by atoms with Crippen molar-refractivity contribution >= 4 is 58.5 Å². The fourth-order valence-corrected chi connectivity index (χ4v) is 6.15. The number of hydrogen-bond donors (Lipinski definition) is 2. The fourth-order valence-electron chi connectivity index (χ4n) is 5.04. The van der Waals surface area contributed by atoms with E-state index in [0.29, 0.717) is 33.2 Å². The number of methoxy groups -OCH3 is 3. The van der Waals surface area contributed by atoms with Crippen molar-refractivity contribution in [3.63, 3.8) is 0 Å². The van der Waals surface area contributed by atoms with Crippen LogP contribution in [0, 0.1) is 10.1 Å². The molecule has 1 heterocycles. The van der Waals surface area contributed by atoms with E-state index in [2.05, 4.69) is 10.6 Å². The van der Waals surface area contributed by atoms with Crippen molar-refractivity contribution in [3.05, 3.63) is 118 Å². The van der Waals surface area contributed by atoms with Gasteiger partial charge in [-0.2, -0.15) is 0 Å². The van der Waals surface area contributed by atoms with Crippen LogP contribution in [0.25, 0.3) is 6.08 Å². The van der Waals surface area contributed by atoms with Crippen LogP contribution in [0.1, 0.15) is 22.3 Å². The number of amides is 4. The maximum atomic E-state index is 13.7. The Hall–Kier alpha value is -6.15. The Morgan fingerprint density at radius 3 is 2.27 bits per heavy atom. The average molecular weight is 683 g/mol. The third kappa shape index (κ3) is 7.71. The molecular weight excluding hydrogens is 652 g/mol. The van der Waals surface area contributed by atoms with Crippen LogP contribution in [0.3, 0.4) is 0 Å². The zero-order chi connectivity index (χ0) is 35.1. The lowest BCUT2D eigenvalue weighted by Gasteiger charge is -2.16. The number of imide groups is 1. The summed E-state index contributed by atoms with van der Waals surface area (Å²) < 4.78 is 16.4. The SMILES string of the molecule is COc1ccc(/C=C(\NC(=O)c2ccccc2)C(=O)Nc2cccc(S[C@H]3CC(=O)N(c4ccc([N+](=O)[O-])cc4)C3=O)c2)c(OC)c1OC. The van der Waals surface area contributed by atoms with E-state index in [1.54, 1.807) is 66.7 Å². The molecule has 0 radical (unpaired) electrons. The summed E-state index contributed by atoms with van der Waals surface area (Å²) in [5.41, 5.74) is 1.09. The van der Waals surface area contributed by atoms with E-state index in [4.69, 9.17) is 14.2 Å². The number of carbonyl (C=O) groups excluding carboxylic acids is 4. The molecule has 4 aromatic rings. The highest BCUT2D eigenvalue weighted by molar-refractivity contribution is 8.00. The Balaban J connectivity index is 1.38. The van der Waals surface area contributed by atoms with Gasteiger partial charge in [0, 0.05) is 40.3 Å². The Morgan fingerprint density at radius 2 is 1.61 bits per heavy atom. The van der Waals surface area contributed by atoms with Crippen LogP contribution >= 0.6 is 11.8 Å². The van der Waals surface area contributed by atoms with Crippen LogP contribution in [0.5, 0.6) is 17.2 Å². The number of anilines is 2. The number of nitrogens with one attached hydrogen (secondary N) is 2. The van der Waals surface area contributed by atoms with E-state index in [0.717, 1.165) is 16.7 Å². The van der Waals surface area contributed by atoms with Crippen molar-refractivity contribution in [1.82, 2.24) is 5.32 Å². The van der Waals surface area contributed by atoms with Gasteiger partial charge in [0.25, 0.3) is 17.5 Å². The third-order valence-electron chi connectivity index (χ3n) is 7.36. The summed E-state index contributed by atoms with van der Waals surface area (Å²) >= 11 is 1.14. The normalized spacial score (nSPS) is 14.3. The molecule has 1 saturated heterocycles. The molecular formula is C35H30N4O9S. The largest absolute Gasteiger partial charge is 0.493 e. The minimum Gasteiger partial charge on any atom is -0.493 e. The number of carbonyl (C=O) groups is 4. The summed E-state index contributed by atoms with van der Waals surface area (Å²) in [5, 5.41) is 15.7. The number of rotatable bonds is 12. The molecule has 0 spiro atoms. The van der Waals surface area contributed by atoms with Gasteiger partial charge in [-0.15, -0.1) is 11.8 Å². The Bertz CT molecular complexity index is 1950. The van der Waals surface area contributed by atoms with Gasteiger partial charge in [-0.05, 0) is 60.7 Å². The van der Waals surface area contributed by atoms with Crippen molar-refractivity contribution < 1.29 is 38.3 Å². The fraction of sp³-hybridized carbons (Fsp3) is 0.143. The van der Waals surface area contributed by atoms with Gasteiger partial charge in [0.05, 0.1) is 37.2 Å². The molecule has 0 bridgehead atoms. The summed E-state index contributed by atoms with van der Waals surface area (Å²) in [6.45, 7) is 0. The third-order valence-corrected chi connectivity index (χ3v) is 8.54. The number of nitrogens with zero attached hydrogens (tertiary/aromatic N) is 2. The van der Waals surface area contributed by atoms with Gasteiger partial charge in [-0.1, -0.05) is 24.3 Å². The average Bonchev–Trinajstić information content (AvgIpc) is 3.39. The monoisotopic (exact) mass is 682 g/mol. The van der Waals surface area contributed by atoms with Crippen molar-refractivity contribution in [1.29, 1.82) is 0 Å². The zero-order valence-corrected chi connectivity index (χ0v) is 27.3. The van der Waals surface area contributed by atoms with Crippen LogP contribution in [0.4, 0.5) is 17.1 Å². The van der Waals surface area contributed by atoms with Crippen molar-refractivity contribution in [2.45, 2.75) is 16.6 Å². The molecule has 14 heteroatoms. The van der Waals surface area contributed by atoms with Crippen LogP contribution < -0.4 is 29.7 Å². The minimum atomic E-state index is -0.758. The number of benzene rings is 4. The first-order chi connectivity index (χ1) is 23.6. The van der Waals surface area contributed by atoms with Gasteiger partial charge in [-0.3, -0.25) is 29.3 Å². The highest BCUT2D eigenvalue weighted by Gasteiger charge is 2.40. The number of nitro benzene ring substituents is 1. The minimum absolute atomic E-state index is 0.0807. The lowest BCUT2D eigenvalue weighted by atomic mass is 10.1. The van der Waals surface area contributed by atoms with E-state index < -0.39 is 33.8 Å². The Kier molecular flexibility index (Phi) is 10.6. The first-order valence-electron chi connectivity index (χ1n) is 14.7. The number of nitro groups is 1. The van der Waals surface area contributed by atoms with Gasteiger partial charge < -0.3 is 24.8 Å². The quantitative estimate of drug-likeness (QED) is 0.0849. The number of ether oxygens (including phenoxy) is 3. The maximum absolute atomic E-state index is 13.7. The van der Waals surface area contributed by atoms with E-state index in [-0.39, 0.29) is 29.2 Å². The summed E-state index contributed by atoms with van der Waals surface area (Å²) in [6, 6.07) is 23.5. The van der Waals surface area contributed by atoms with Crippen molar-refractivity contribution in [3.8, 4) is 17.2 Å². The predicted molar refractivity (Wildman–Crippen MR) is 183 cm³/mol. The Labute approximate surface area is 285 Å². The van der Waals surface area contributed by atoms with Crippen LogP contribution in [-0.4, -0.2) is 55.1 Å². The molecule has 49 heavy (non-hydrogen) atoms. The molecule has 0 unspecified atom stereocenters. The molecule has 2 N–H and O–H groups in total. The highest BCUT2D eigenvalue weighted by atomic mass is 32.2. The second-order valence-electron chi connectivity index (χ2n) is 10.4. The summed E-state index contributed by atoms with van der Waals surface area (Å²) in [4.78, 5) is 65.0. The van der Waals surface area contributed by atoms with Gasteiger partial charge in [-0.25, -0.2) is 4.90 Å². The summed E-state index contributed by atoms with van der Waals surface area (Å²) in [5.74, 6) is -1.09. The molecule has 1 aliphatic rings. The topological polar surface area (TPSA) is 166 Å². The standard InChI is InChI=1S/C35H30N4O9S/c1-46-28-17-12-22(31(47-2)32(28)48-3)18-27(37-33(41)21-8-5-4-6-9-21)34(42)36-23-10-7-11-26(19-23)49-29-20-30(40)38(35(29)43)24-13-15-25(16-14-24)39(44)45/h4-19,29H,20H2,1-3H3,(H,36,42)(H,37,41)/b27-18-/t29-/m0/s1. The van der Waals surface area contributed by atoms with Gasteiger partial charge >= 0.3 is 0 Å². The number of hydrogen-bond acceptors (Lipinski definition) is 10. The molecule has 13 nitrogen and oxygen atoms in total. The van der Waals surface area contributed by atoms with E-state index in [1.807, 2.05) is 0 Å². The highest BCUT2D eigenvalue weighted by Crippen LogP contribution is 2.41. The lowest BCUT2D eigenvalue weighted by molar-refractivity contribution is -0.384.